The molecule has 0 aliphatic heterocycles. The van der Waals surface area contributed by atoms with Gasteiger partial charge in [0.15, 0.2) is 11.6 Å². The van der Waals surface area contributed by atoms with E-state index < -0.39 is 0 Å². The van der Waals surface area contributed by atoms with Crippen molar-refractivity contribution in [3.05, 3.63) is 54.4 Å². The lowest BCUT2D eigenvalue weighted by Crippen LogP contribution is -2.16. The van der Waals surface area contributed by atoms with Crippen LogP contribution in [0.1, 0.15) is 30.6 Å². The fourth-order valence-corrected chi connectivity index (χ4v) is 2.97. The van der Waals surface area contributed by atoms with Crippen molar-refractivity contribution in [3.8, 4) is 0 Å². The zero-order chi connectivity index (χ0) is 19.2. The van der Waals surface area contributed by atoms with Crippen LogP contribution in [0.2, 0.25) is 0 Å². The van der Waals surface area contributed by atoms with Gasteiger partial charge in [-0.05, 0) is 25.1 Å². The van der Waals surface area contributed by atoms with E-state index in [2.05, 4.69) is 45.1 Å². The van der Waals surface area contributed by atoms with Crippen molar-refractivity contribution in [3.63, 3.8) is 0 Å². The molecule has 0 aliphatic carbocycles. The molecule has 0 spiro atoms. The SMILES string of the molecule is CCC(Nc1nc(C(=CNC)CNC)cnc1N)c1ccc2nccn2c1. The van der Waals surface area contributed by atoms with Gasteiger partial charge in [-0.2, -0.15) is 0 Å². The van der Waals surface area contributed by atoms with E-state index in [1.807, 2.05) is 37.0 Å². The average molecular weight is 366 g/mol. The van der Waals surface area contributed by atoms with Gasteiger partial charge in [-0.25, -0.2) is 15.0 Å². The lowest BCUT2D eigenvalue weighted by Gasteiger charge is -2.20. The molecule has 0 bridgehead atoms. The third-order valence-electron chi connectivity index (χ3n) is 4.35. The van der Waals surface area contributed by atoms with Gasteiger partial charge in [-0.1, -0.05) is 13.0 Å². The van der Waals surface area contributed by atoms with E-state index in [9.17, 15) is 0 Å². The van der Waals surface area contributed by atoms with Gasteiger partial charge in [0.1, 0.15) is 5.65 Å². The molecule has 27 heavy (non-hydrogen) atoms. The molecule has 0 fully saturated rings. The van der Waals surface area contributed by atoms with E-state index in [0.717, 1.165) is 28.9 Å². The maximum absolute atomic E-state index is 6.09. The van der Waals surface area contributed by atoms with Crippen molar-refractivity contribution in [2.75, 3.05) is 31.7 Å². The molecule has 1 atom stereocenters. The normalized spacial score (nSPS) is 12.9. The third-order valence-corrected chi connectivity index (χ3v) is 4.35. The summed E-state index contributed by atoms with van der Waals surface area (Å²) in [7, 11) is 3.76. The highest BCUT2D eigenvalue weighted by Crippen LogP contribution is 2.25. The van der Waals surface area contributed by atoms with E-state index in [4.69, 9.17) is 10.7 Å². The second kappa shape index (κ2) is 8.50. The lowest BCUT2D eigenvalue weighted by atomic mass is 10.1. The van der Waals surface area contributed by atoms with E-state index in [1.165, 1.54) is 0 Å². The highest BCUT2D eigenvalue weighted by atomic mass is 15.1. The molecule has 3 aromatic rings. The Morgan fingerprint density at radius 2 is 2.15 bits per heavy atom. The van der Waals surface area contributed by atoms with Crippen LogP contribution in [0.15, 0.2) is 43.1 Å². The molecule has 0 saturated carbocycles. The quantitative estimate of drug-likeness (QED) is 0.483. The number of nitrogens with one attached hydrogen (secondary N) is 3. The van der Waals surface area contributed by atoms with Crippen LogP contribution in [0, 0.1) is 0 Å². The first-order chi connectivity index (χ1) is 13.2. The summed E-state index contributed by atoms with van der Waals surface area (Å²) in [6.45, 7) is 2.80. The molecule has 0 saturated heterocycles. The first-order valence-corrected chi connectivity index (χ1v) is 8.99. The summed E-state index contributed by atoms with van der Waals surface area (Å²) in [6.07, 6.45) is 10.3. The van der Waals surface area contributed by atoms with Gasteiger partial charge >= 0.3 is 0 Å². The molecular weight excluding hydrogens is 340 g/mol. The molecule has 0 radical (unpaired) electrons. The van der Waals surface area contributed by atoms with Crippen LogP contribution < -0.4 is 21.7 Å². The number of anilines is 2. The first-order valence-electron chi connectivity index (χ1n) is 8.99. The van der Waals surface area contributed by atoms with E-state index in [0.29, 0.717) is 18.2 Å². The molecule has 5 N–H and O–H groups in total. The first kappa shape index (κ1) is 18.7. The van der Waals surface area contributed by atoms with Gasteiger partial charge < -0.3 is 26.1 Å². The highest BCUT2D eigenvalue weighted by Gasteiger charge is 2.15. The predicted molar refractivity (Wildman–Crippen MR) is 109 cm³/mol. The Morgan fingerprint density at radius 3 is 2.89 bits per heavy atom. The maximum atomic E-state index is 6.09. The number of fused-ring (bicyclic) bond motifs is 1. The predicted octanol–water partition coefficient (Wildman–Crippen LogP) is 2.05. The highest BCUT2D eigenvalue weighted by molar-refractivity contribution is 5.67. The standard InChI is InChI=1S/C19H26N8/c1-4-15(13-5-6-17-23-7-8-27(17)12-13)25-19-18(20)24-11-16(26-19)14(9-21-2)10-22-3/h5-9,11-12,15,21-22H,4,10H2,1-3H3,(H2,20,24)(H,25,26). The fourth-order valence-electron chi connectivity index (χ4n) is 2.97. The number of hydrogen-bond donors (Lipinski definition) is 4. The van der Waals surface area contributed by atoms with Crippen LogP contribution in [-0.2, 0) is 0 Å². The topological polar surface area (TPSA) is 105 Å². The largest absolute Gasteiger partial charge is 0.394 e. The van der Waals surface area contributed by atoms with Crippen molar-refractivity contribution < 1.29 is 0 Å². The van der Waals surface area contributed by atoms with Gasteiger partial charge in [-0.3, -0.25) is 0 Å². The molecule has 142 valence electrons. The van der Waals surface area contributed by atoms with Gasteiger partial charge in [0, 0.05) is 44.0 Å². The molecule has 0 aromatic carbocycles. The smallest absolute Gasteiger partial charge is 0.170 e. The number of likely N-dealkylation sites (N-methyl/N-ethyl adjacent to an activating group) is 1. The number of aromatic nitrogens is 4. The van der Waals surface area contributed by atoms with Crippen molar-refractivity contribution in [1.82, 2.24) is 30.0 Å². The summed E-state index contributed by atoms with van der Waals surface area (Å²) in [5.41, 5.74) is 9.92. The average Bonchev–Trinajstić information content (AvgIpc) is 3.15. The molecule has 8 nitrogen and oxygen atoms in total. The van der Waals surface area contributed by atoms with E-state index >= 15 is 0 Å². The molecule has 3 aromatic heterocycles. The summed E-state index contributed by atoms with van der Waals surface area (Å²) >= 11 is 0. The van der Waals surface area contributed by atoms with Crippen molar-refractivity contribution in [2.45, 2.75) is 19.4 Å². The van der Waals surface area contributed by atoms with Crippen LogP contribution in [0.25, 0.3) is 11.2 Å². The summed E-state index contributed by atoms with van der Waals surface area (Å²) in [5, 5.41) is 9.64. The summed E-state index contributed by atoms with van der Waals surface area (Å²) < 4.78 is 2.01. The summed E-state index contributed by atoms with van der Waals surface area (Å²) in [4.78, 5) is 13.3. The lowest BCUT2D eigenvalue weighted by molar-refractivity contribution is 0.738. The van der Waals surface area contributed by atoms with Crippen molar-refractivity contribution in [1.29, 1.82) is 0 Å². The minimum atomic E-state index is 0.0599. The molecule has 0 amide bonds. The molecule has 3 heterocycles. The van der Waals surface area contributed by atoms with Gasteiger partial charge in [0.25, 0.3) is 0 Å². The van der Waals surface area contributed by atoms with Crippen LogP contribution in [0.3, 0.4) is 0 Å². The number of nitrogen functional groups attached to an aromatic ring is 1. The zero-order valence-electron chi connectivity index (χ0n) is 15.9. The number of nitrogens with zero attached hydrogens (tertiary/aromatic N) is 4. The van der Waals surface area contributed by atoms with Crippen LogP contribution in [0.4, 0.5) is 11.6 Å². The number of nitrogens with two attached hydrogens (primary N) is 1. The van der Waals surface area contributed by atoms with E-state index in [1.54, 1.807) is 12.4 Å². The molecule has 0 aliphatic rings. The summed E-state index contributed by atoms with van der Waals surface area (Å²) in [5.74, 6) is 0.970. The fraction of sp³-hybridized carbons (Fsp3) is 0.316. The van der Waals surface area contributed by atoms with Crippen molar-refractivity contribution >= 4 is 22.9 Å². The zero-order valence-corrected chi connectivity index (χ0v) is 15.9. The van der Waals surface area contributed by atoms with Crippen molar-refractivity contribution in [2.24, 2.45) is 0 Å². The minimum absolute atomic E-state index is 0.0599. The Morgan fingerprint density at radius 1 is 1.30 bits per heavy atom. The van der Waals surface area contributed by atoms with Gasteiger partial charge in [0.05, 0.1) is 17.9 Å². The van der Waals surface area contributed by atoms with Crippen LogP contribution in [-0.4, -0.2) is 40.0 Å². The Labute approximate surface area is 158 Å². The van der Waals surface area contributed by atoms with Crippen LogP contribution in [0.5, 0.6) is 0 Å². The third kappa shape index (κ3) is 4.17. The Balaban J connectivity index is 1.90. The Hall–Kier alpha value is -3.13. The molecule has 1 unspecified atom stereocenters. The number of rotatable bonds is 8. The Kier molecular flexibility index (Phi) is 5.87. The maximum Gasteiger partial charge on any atom is 0.170 e. The second-order valence-corrected chi connectivity index (χ2v) is 6.24. The van der Waals surface area contributed by atoms with E-state index in [-0.39, 0.29) is 6.04 Å². The van der Waals surface area contributed by atoms with Crippen LogP contribution >= 0.6 is 0 Å². The Bertz CT molecular complexity index is 930. The number of imidazole rings is 1. The summed E-state index contributed by atoms with van der Waals surface area (Å²) in [6, 6.07) is 4.14. The number of hydrogen-bond acceptors (Lipinski definition) is 7. The van der Waals surface area contributed by atoms with Gasteiger partial charge in [-0.15, -0.1) is 0 Å². The molecular formula is C19H26N8. The number of pyridine rings is 1. The molecule has 3 rings (SSSR count). The molecule has 8 heteroatoms. The second-order valence-electron chi connectivity index (χ2n) is 6.24. The minimum Gasteiger partial charge on any atom is -0.394 e. The van der Waals surface area contributed by atoms with Gasteiger partial charge in [0.2, 0.25) is 0 Å². The monoisotopic (exact) mass is 366 g/mol.